The average Bonchev–Trinajstić information content (AvgIpc) is 3.75. The highest BCUT2D eigenvalue weighted by Crippen LogP contribution is 2.50. The minimum Gasteiger partial charge on any atom is -0.382 e. The summed E-state index contributed by atoms with van der Waals surface area (Å²) in [4.78, 5) is 34.5. The molecule has 2 fully saturated rings. The molecule has 242 valence electrons. The van der Waals surface area contributed by atoms with Gasteiger partial charge in [-0.3, -0.25) is 32.5 Å². The number of hydrogen-bond donors (Lipinski definition) is 3. The van der Waals surface area contributed by atoms with E-state index in [2.05, 4.69) is 29.9 Å². The third-order valence-electron chi connectivity index (χ3n) is 7.20. The zero-order chi connectivity index (χ0) is 32.0. The molecule has 6 heterocycles. The molecule has 0 amide bonds. The lowest BCUT2D eigenvalue weighted by Crippen LogP contribution is -2.34. The van der Waals surface area contributed by atoms with Gasteiger partial charge in [0.1, 0.15) is 30.2 Å². The fourth-order valence-electron chi connectivity index (χ4n) is 5.20. The normalized spacial score (nSPS) is 30.0. The van der Waals surface area contributed by atoms with Gasteiger partial charge in [-0.1, -0.05) is 0 Å². The first kappa shape index (κ1) is 31.4. The van der Waals surface area contributed by atoms with Crippen LogP contribution in [0.4, 0.5) is 20.5 Å². The number of imidazole rings is 2. The van der Waals surface area contributed by atoms with E-state index in [1.807, 2.05) is 0 Å². The summed E-state index contributed by atoms with van der Waals surface area (Å²) in [5.41, 5.74) is 11.1. The highest BCUT2D eigenvalue weighted by atomic mass is 31.2. The number of fused-ring (bicyclic) bond motifs is 2. The summed E-state index contributed by atoms with van der Waals surface area (Å²) >= 11 is 0. The summed E-state index contributed by atoms with van der Waals surface area (Å²) in [5, 5.41) is 0. The molecule has 2 aliphatic heterocycles. The molecular weight excluding hydrogens is 648 g/mol. The predicted octanol–water partition coefficient (Wildman–Crippen LogP) is 1.06. The van der Waals surface area contributed by atoms with Crippen molar-refractivity contribution >= 4 is 50.4 Å². The van der Waals surface area contributed by atoms with Crippen LogP contribution in [0.15, 0.2) is 23.8 Å². The van der Waals surface area contributed by atoms with E-state index in [-0.39, 0.29) is 40.7 Å². The van der Waals surface area contributed by atoms with E-state index in [9.17, 15) is 13.9 Å². The molecule has 6 rings (SSSR count). The summed E-state index contributed by atoms with van der Waals surface area (Å²) < 4.78 is 91.5. The van der Waals surface area contributed by atoms with Gasteiger partial charge in [-0.15, -0.1) is 0 Å². The van der Waals surface area contributed by atoms with Crippen LogP contribution in [0.5, 0.6) is 0 Å². The highest BCUT2D eigenvalue weighted by molar-refractivity contribution is 7.53. The second kappa shape index (κ2) is 12.3. The van der Waals surface area contributed by atoms with Crippen LogP contribution in [-0.4, -0.2) is 103 Å². The smallest absolute Gasteiger partial charge is 0.328 e. The quantitative estimate of drug-likeness (QED) is 0.188. The first-order valence-corrected chi connectivity index (χ1v) is 15.9. The van der Waals surface area contributed by atoms with Crippen molar-refractivity contribution in [2.45, 2.75) is 49.2 Å². The Morgan fingerprint density at radius 1 is 1.00 bits per heavy atom. The molecule has 1 unspecified atom stereocenters. The summed E-state index contributed by atoms with van der Waals surface area (Å²) in [7, 11) is -3.63. The molecule has 0 spiro atoms. The first-order chi connectivity index (χ1) is 21.5. The molecule has 5 N–H and O–H groups in total. The van der Waals surface area contributed by atoms with Crippen LogP contribution in [0.25, 0.3) is 22.3 Å². The van der Waals surface area contributed by atoms with E-state index in [4.69, 9.17) is 39.2 Å². The van der Waals surface area contributed by atoms with Crippen LogP contribution in [0.1, 0.15) is 12.5 Å². The molecule has 19 nitrogen and oxygen atoms in total. The molecule has 23 heteroatoms. The summed E-state index contributed by atoms with van der Waals surface area (Å²) in [5.74, 6) is -0.151. The van der Waals surface area contributed by atoms with Gasteiger partial charge in [-0.05, 0) is 0 Å². The van der Waals surface area contributed by atoms with Gasteiger partial charge in [0.15, 0.2) is 53.5 Å². The van der Waals surface area contributed by atoms with Gasteiger partial charge >= 0.3 is 16.3 Å². The van der Waals surface area contributed by atoms with Gasteiger partial charge in [0, 0.05) is 13.8 Å². The molecule has 0 bridgehead atoms. The number of nitrogen functional groups attached to an aromatic ring is 2. The van der Waals surface area contributed by atoms with Crippen molar-refractivity contribution in [2.24, 2.45) is 0 Å². The zero-order valence-corrected chi connectivity index (χ0v) is 25.2. The Morgan fingerprint density at radius 3 is 2.44 bits per heavy atom. The number of alkyl halides is 2. The van der Waals surface area contributed by atoms with Crippen LogP contribution < -0.4 is 17.0 Å². The Labute approximate surface area is 252 Å². The van der Waals surface area contributed by atoms with Crippen molar-refractivity contribution in [3.63, 3.8) is 0 Å². The number of aromatic amines is 1. The van der Waals surface area contributed by atoms with Gasteiger partial charge < -0.3 is 30.2 Å². The third kappa shape index (κ3) is 5.81. The van der Waals surface area contributed by atoms with E-state index >= 15 is 8.78 Å². The maximum atomic E-state index is 15.9. The van der Waals surface area contributed by atoms with E-state index in [0.717, 1.165) is 17.6 Å². The molecule has 0 aliphatic carbocycles. The minimum atomic E-state index is -4.15. The molecule has 0 saturated carbocycles. The zero-order valence-electron chi connectivity index (χ0n) is 23.4. The highest BCUT2D eigenvalue weighted by Gasteiger charge is 2.51. The SMILES string of the molecule is COC[C@H]1O[C@@H](n2cnc3c(=O)[nH]c(N)nc32)[C@H](F)[C@@H]1OP(C)(=O)OC[C@H]1O[C@@H](n2cnc3c(N)ncnc32)[C@H](OP=O)[C@@H]1F. The topological polar surface area (TPSA) is 249 Å². The van der Waals surface area contributed by atoms with Gasteiger partial charge in [0.25, 0.3) is 5.56 Å². The molecule has 2 saturated heterocycles. The Morgan fingerprint density at radius 2 is 1.71 bits per heavy atom. The molecule has 4 aromatic heterocycles. The number of anilines is 2. The number of nitrogens with zero attached hydrogens (tertiary/aromatic N) is 7. The molecule has 4 aromatic rings. The lowest BCUT2D eigenvalue weighted by molar-refractivity contribution is -0.0557. The van der Waals surface area contributed by atoms with Gasteiger partial charge in [-0.25, -0.2) is 33.3 Å². The fourth-order valence-corrected chi connectivity index (χ4v) is 6.70. The molecule has 2 aliphatic rings. The number of aromatic nitrogens is 8. The summed E-state index contributed by atoms with van der Waals surface area (Å²) in [6.45, 7) is 0.259. The number of nitrogens with one attached hydrogen (secondary N) is 1. The van der Waals surface area contributed by atoms with Crippen molar-refractivity contribution in [3.05, 3.63) is 29.3 Å². The number of methoxy groups -OCH3 is 1. The van der Waals surface area contributed by atoms with Gasteiger partial charge in [-0.2, -0.15) is 4.98 Å². The van der Waals surface area contributed by atoms with E-state index < -0.39 is 77.7 Å². The first-order valence-electron chi connectivity index (χ1n) is 13.1. The van der Waals surface area contributed by atoms with Crippen molar-refractivity contribution in [3.8, 4) is 0 Å². The Balaban J connectivity index is 1.18. The second-order valence-corrected chi connectivity index (χ2v) is 12.5. The largest absolute Gasteiger partial charge is 0.382 e. The number of ether oxygens (including phenoxy) is 3. The van der Waals surface area contributed by atoms with Crippen molar-refractivity contribution in [2.75, 3.05) is 38.5 Å². The number of nitrogens with two attached hydrogens (primary N) is 2. The van der Waals surface area contributed by atoms with Crippen molar-refractivity contribution in [1.82, 2.24) is 39.0 Å². The van der Waals surface area contributed by atoms with Crippen LogP contribution in [0.2, 0.25) is 0 Å². The van der Waals surface area contributed by atoms with E-state index in [1.165, 1.54) is 24.3 Å². The molecule has 0 aromatic carbocycles. The number of rotatable bonds is 11. The number of hydrogen-bond acceptors (Lipinski definition) is 16. The van der Waals surface area contributed by atoms with Gasteiger partial charge in [0.2, 0.25) is 5.95 Å². The Kier molecular flexibility index (Phi) is 8.61. The average molecular weight is 674 g/mol. The summed E-state index contributed by atoms with van der Waals surface area (Å²) in [6, 6.07) is 0. The fraction of sp³-hybridized carbons (Fsp3) is 0.545. The number of H-pyrrole nitrogens is 1. The van der Waals surface area contributed by atoms with Crippen molar-refractivity contribution < 1.29 is 45.7 Å². The van der Waals surface area contributed by atoms with Crippen LogP contribution in [0, 0.1) is 0 Å². The molecule has 45 heavy (non-hydrogen) atoms. The maximum absolute atomic E-state index is 15.9. The van der Waals surface area contributed by atoms with Crippen LogP contribution in [0.3, 0.4) is 0 Å². The Hall–Kier alpha value is -3.55. The summed E-state index contributed by atoms with van der Waals surface area (Å²) in [6.07, 6.45) is -8.37. The third-order valence-corrected chi connectivity index (χ3v) is 8.77. The lowest BCUT2D eigenvalue weighted by atomic mass is 10.1. The van der Waals surface area contributed by atoms with E-state index in [0.29, 0.717) is 0 Å². The Bertz CT molecular complexity index is 1830. The van der Waals surface area contributed by atoms with Gasteiger partial charge in [0.05, 0.1) is 25.9 Å². The molecule has 0 radical (unpaired) electrons. The van der Waals surface area contributed by atoms with Crippen LogP contribution in [-0.2, 0) is 36.9 Å². The van der Waals surface area contributed by atoms with Crippen LogP contribution >= 0.6 is 16.3 Å². The minimum absolute atomic E-state index is 0.0485. The maximum Gasteiger partial charge on any atom is 0.328 e. The monoisotopic (exact) mass is 674 g/mol. The molecular formula is C22H26F2N10O9P2. The standard InChI is InChI=1S/C22H26F2N10O9P2/c1-38-3-9-14(11(24)20(41-9)34-7-30-13-18(34)31-22(26)32-19(13)35)43-45(2,37)39-4-8-10(23)15(42-44-36)21(40-8)33-6-29-12-16(25)27-5-28-17(12)33/h5-11,14-15,20-21H,3-4H2,1-2H3,(H2,25,27,28)(H3,26,31,32,35)/t8-,9-,10-,11-,14-,15-,20-,21-,45?/m1/s1. The number of halogens is 2. The van der Waals surface area contributed by atoms with E-state index in [1.54, 1.807) is 0 Å². The lowest BCUT2D eigenvalue weighted by Gasteiger charge is -2.24. The molecule has 9 atom stereocenters. The van der Waals surface area contributed by atoms with Crippen molar-refractivity contribution in [1.29, 1.82) is 0 Å². The predicted molar refractivity (Wildman–Crippen MR) is 149 cm³/mol. The second-order valence-electron chi connectivity index (χ2n) is 10.1.